The molecule has 3 aromatic rings. The highest BCUT2D eigenvalue weighted by atomic mass is 35.5. The molecule has 106 valence electrons. The van der Waals surface area contributed by atoms with E-state index in [9.17, 15) is 4.39 Å². The highest BCUT2D eigenvalue weighted by Crippen LogP contribution is 2.42. The number of anilines is 1. The van der Waals surface area contributed by atoms with E-state index in [0.29, 0.717) is 16.1 Å². The monoisotopic (exact) mass is 322 g/mol. The van der Waals surface area contributed by atoms with E-state index in [1.807, 2.05) is 0 Å². The smallest absolute Gasteiger partial charge is 0.230 e. The van der Waals surface area contributed by atoms with Crippen molar-refractivity contribution in [3.05, 3.63) is 58.3 Å². The molecule has 2 aromatic carbocycles. The average molecular weight is 323 g/mol. The van der Waals surface area contributed by atoms with Crippen LogP contribution >= 0.6 is 23.2 Å². The lowest BCUT2D eigenvalue weighted by Gasteiger charge is -2.07. The molecule has 0 atom stereocenters. The second kappa shape index (κ2) is 5.39. The molecule has 1 aromatic heterocycles. The van der Waals surface area contributed by atoms with E-state index in [2.05, 4.69) is 5.16 Å². The zero-order chi connectivity index (χ0) is 15.0. The molecule has 0 aliphatic rings. The Morgan fingerprint density at radius 3 is 2.38 bits per heavy atom. The molecular formula is C15H9Cl2FN2O. The molecule has 3 rings (SSSR count). The van der Waals surface area contributed by atoms with Gasteiger partial charge in [0.15, 0.2) is 0 Å². The maximum absolute atomic E-state index is 14.1. The second-order valence-electron chi connectivity index (χ2n) is 4.35. The van der Waals surface area contributed by atoms with Gasteiger partial charge in [0.25, 0.3) is 0 Å². The molecule has 3 nitrogen and oxygen atoms in total. The molecule has 0 amide bonds. The summed E-state index contributed by atoms with van der Waals surface area (Å²) in [5, 5.41) is 4.52. The lowest BCUT2D eigenvalue weighted by atomic mass is 10.0. The second-order valence-corrected chi connectivity index (χ2v) is 5.16. The van der Waals surface area contributed by atoms with Crippen LogP contribution in [0, 0.1) is 5.82 Å². The summed E-state index contributed by atoms with van der Waals surface area (Å²) in [5.74, 6) is -0.457. The highest BCUT2D eigenvalue weighted by molar-refractivity contribution is 6.34. The molecule has 2 N–H and O–H groups in total. The molecule has 0 radical (unpaired) electrons. The molecule has 0 spiro atoms. The Morgan fingerprint density at radius 1 is 0.952 bits per heavy atom. The van der Waals surface area contributed by atoms with Gasteiger partial charge in [0, 0.05) is 10.6 Å². The summed E-state index contributed by atoms with van der Waals surface area (Å²) in [4.78, 5) is 0. The van der Waals surface area contributed by atoms with Gasteiger partial charge in [0.05, 0.1) is 16.1 Å². The number of nitrogen functional groups attached to an aromatic ring is 1. The van der Waals surface area contributed by atoms with Crippen LogP contribution in [0.4, 0.5) is 10.3 Å². The largest absolute Gasteiger partial charge is 0.367 e. The zero-order valence-electron chi connectivity index (χ0n) is 10.6. The summed E-state index contributed by atoms with van der Waals surface area (Å²) in [6.45, 7) is 0. The van der Waals surface area contributed by atoms with Crippen LogP contribution in [-0.2, 0) is 0 Å². The topological polar surface area (TPSA) is 52.0 Å². The van der Waals surface area contributed by atoms with Crippen LogP contribution in [0.5, 0.6) is 0 Å². The number of hydrogen-bond acceptors (Lipinski definition) is 3. The lowest BCUT2D eigenvalue weighted by molar-refractivity contribution is 0.439. The first-order chi connectivity index (χ1) is 10.1. The van der Waals surface area contributed by atoms with Gasteiger partial charge in [-0.3, -0.25) is 0 Å². The summed E-state index contributed by atoms with van der Waals surface area (Å²) in [5.41, 5.74) is 7.21. The molecule has 0 aliphatic heterocycles. The minimum absolute atomic E-state index is 0.0532. The van der Waals surface area contributed by atoms with Crippen molar-refractivity contribution in [2.24, 2.45) is 0 Å². The maximum Gasteiger partial charge on any atom is 0.230 e. The molecule has 1 heterocycles. The normalized spacial score (nSPS) is 10.8. The molecule has 0 saturated heterocycles. The van der Waals surface area contributed by atoms with E-state index < -0.39 is 5.82 Å². The average Bonchev–Trinajstić information content (AvgIpc) is 2.81. The quantitative estimate of drug-likeness (QED) is 0.719. The van der Waals surface area contributed by atoms with E-state index in [0.717, 1.165) is 0 Å². The van der Waals surface area contributed by atoms with Crippen molar-refractivity contribution < 1.29 is 8.91 Å². The van der Waals surface area contributed by atoms with Gasteiger partial charge in [-0.1, -0.05) is 52.6 Å². The lowest BCUT2D eigenvalue weighted by Crippen LogP contribution is -1.91. The van der Waals surface area contributed by atoms with E-state index in [4.69, 9.17) is 33.5 Å². The van der Waals surface area contributed by atoms with Gasteiger partial charge < -0.3 is 10.3 Å². The molecule has 0 bridgehead atoms. The fourth-order valence-corrected chi connectivity index (χ4v) is 2.60. The van der Waals surface area contributed by atoms with Crippen molar-refractivity contribution in [3.63, 3.8) is 0 Å². The fraction of sp³-hybridized carbons (Fsp3) is 0. The Balaban J connectivity index is 2.31. The van der Waals surface area contributed by atoms with E-state index in [-0.39, 0.29) is 22.2 Å². The number of nitrogens with zero attached hydrogens (tertiary/aromatic N) is 1. The van der Waals surface area contributed by atoms with Crippen molar-refractivity contribution in [2.45, 2.75) is 0 Å². The fourth-order valence-electron chi connectivity index (χ4n) is 2.12. The van der Waals surface area contributed by atoms with Crippen LogP contribution in [0.25, 0.3) is 22.4 Å². The Hall–Kier alpha value is -2.04. The first kappa shape index (κ1) is 13.9. The molecule has 0 fully saturated rings. The predicted molar refractivity (Wildman–Crippen MR) is 81.8 cm³/mol. The highest BCUT2D eigenvalue weighted by Gasteiger charge is 2.23. The van der Waals surface area contributed by atoms with E-state index in [1.165, 1.54) is 12.1 Å². The molecule has 0 saturated carbocycles. The minimum atomic E-state index is -0.510. The molecular weight excluding hydrogens is 314 g/mol. The van der Waals surface area contributed by atoms with Gasteiger partial charge in [0.1, 0.15) is 11.5 Å². The van der Waals surface area contributed by atoms with Crippen molar-refractivity contribution in [1.82, 2.24) is 5.16 Å². The summed E-state index contributed by atoms with van der Waals surface area (Å²) in [6, 6.07) is 11.4. The van der Waals surface area contributed by atoms with Crippen molar-refractivity contribution in [3.8, 4) is 22.4 Å². The van der Waals surface area contributed by atoms with Crippen LogP contribution in [0.2, 0.25) is 10.0 Å². The first-order valence-corrected chi connectivity index (χ1v) is 6.79. The number of rotatable bonds is 2. The van der Waals surface area contributed by atoms with Crippen LogP contribution in [0.15, 0.2) is 47.0 Å². The summed E-state index contributed by atoms with van der Waals surface area (Å²) >= 11 is 12.3. The Morgan fingerprint density at radius 2 is 1.67 bits per heavy atom. The van der Waals surface area contributed by atoms with Gasteiger partial charge in [0.2, 0.25) is 5.88 Å². The van der Waals surface area contributed by atoms with Crippen molar-refractivity contribution >= 4 is 29.1 Å². The third-order valence-corrected chi connectivity index (χ3v) is 3.71. The molecule has 6 heteroatoms. The number of benzene rings is 2. The summed E-state index contributed by atoms with van der Waals surface area (Å²) in [7, 11) is 0. The van der Waals surface area contributed by atoms with Gasteiger partial charge in [-0.15, -0.1) is 0 Å². The van der Waals surface area contributed by atoms with E-state index in [1.54, 1.807) is 30.3 Å². The van der Waals surface area contributed by atoms with Gasteiger partial charge >= 0.3 is 0 Å². The summed E-state index contributed by atoms with van der Waals surface area (Å²) < 4.78 is 19.1. The molecule has 0 aliphatic carbocycles. The van der Waals surface area contributed by atoms with Gasteiger partial charge in [-0.25, -0.2) is 4.39 Å². The zero-order valence-corrected chi connectivity index (χ0v) is 12.1. The summed E-state index contributed by atoms with van der Waals surface area (Å²) in [6.07, 6.45) is 0. The number of halogens is 3. The van der Waals surface area contributed by atoms with E-state index >= 15 is 0 Å². The Labute approximate surface area is 130 Å². The van der Waals surface area contributed by atoms with Gasteiger partial charge in [-0.05, 0) is 18.2 Å². The third-order valence-electron chi connectivity index (χ3n) is 3.06. The minimum Gasteiger partial charge on any atom is -0.367 e. The first-order valence-electron chi connectivity index (χ1n) is 6.04. The van der Waals surface area contributed by atoms with Crippen LogP contribution < -0.4 is 5.73 Å². The molecule has 21 heavy (non-hydrogen) atoms. The Bertz CT molecular complexity index is 797. The number of hydrogen-bond donors (Lipinski definition) is 1. The Kier molecular flexibility index (Phi) is 3.57. The van der Waals surface area contributed by atoms with Gasteiger partial charge in [-0.2, -0.15) is 0 Å². The third kappa shape index (κ3) is 2.37. The standard InChI is InChI=1S/C15H9Cl2FN2O/c16-9-5-2-1-4-8(9)12-14(20-21-15(12)19)13-10(17)6-3-7-11(13)18/h1-7H,19H2. The van der Waals surface area contributed by atoms with Crippen LogP contribution in [0.3, 0.4) is 0 Å². The van der Waals surface area contributed by atoms with Crippen molar-refractivity contribution in [1.29, 1.82) is 0 Å². The molecule has 0 unspecified atom stereocenters. The van der Waals surface area contributed by atoms with Crippen LogP contribution in [-0.4, -0.2) is 5.16 Å². The predicted octanol–water partition coefficient (Wildman–Crippen LogP) is 5.04. The van der Waals surface area contributed by atoms with Crippen molar-refractivity contribution in [2.75, 3.05) is 5.73 Å². The SMILES string of the molecule is Nc1onc(-c2c(F)cccc2Cl)c1-c1ccccc1Cl. The maximum atomic E-state index is 14.1. The number of nitrogens with two attached hydrogens (primary N) is 1. The number of aromatic nitrogens is 1. The van der Waals surface area contributed by atoms with Crippen LogP contribution in [0.1, 0.15) is 0 Å².